The van der Waals surface area contributed by atoms with Crippen molar-refractivity contribution in [3.63, 3.8) is 0 Å². The van der Waals surface area contributed by atoms with Crippen LogP contribution in [-0.4, -0.2) is 28.7 Å². The predicted molar refractivity (Wildman–Crippen MR) is 96.0 cm³/mol. The Morgan fingerprint density at radius 2 is 2.29 bits per heavy atom. The van der Waals surface area contributed by atoms with Gasteiger partial charge < -0.3 is 10.6 Å². The zero-order valence-electron chi connectivity index (χ0n) is 13.2. The third kappa shape index (κ3) is 4.15. The summed E-state index contributed by atoms with van der Waals surface area (Å²) in [6.45, 7) is 3.48. The summed E-state index contributed by atoms with van der Waals surface area (Å²) in [6, 6.07) is 4.80. The van der Waals surface area contributed by atoms with E-state index < -0.39 is 0 Å². The molecule has 3 rings (SSSR count). The Hall–Kier alpha value is -1.44. The van der Waals surface area contributed by atoms with Gasteiger partial charge in [0.1, 0.15) is 5.82 Å². The van der Waals surface area contributed by atoms with Crippen molar-refractivity contribution in [2.45, 2.75) is 32.4 Å². The number of aromatic amines is 1. The zero-order chi connectivity index (χ0) is 16.4. The van der Waals surface area contributed by atoms with E-state index in [1.807, 2.05) is 6.92 Å². The van der Waals surface area contributed by atoms with Gasteiger partial charge >= 0.3 is 0 Å². The van der Waals surface area contributed by atoms with Crippen molar-refractivity contribution >= 4 is 34.2 Å². The molecule has 0 bridgehead atoms. The van der Waals surface area contributed by atoms with Gasteiger partial charge in [0.15, 0.2) is 5.69 Å². The third-order valence-corrected chi connectivity index (χ3v) is 4.53. The van der Waals surface area contributed by atoms with Gasteiger partial charge in [0, 0.05) is 36.8 Å². The van der Waals surface area contributed by atoms with Gasteiger partial charge in [0.25, 0.3) is 5.91 Å². The lowest BCUT2D eigenvalue weighted by molar-refractivity contribution is 0.0934. The van der Waals surface area contributed by atoms with Gasteiger partial charge in [-0.3, -0.25) is 9.89 Å². The highest BCUT2D eigenvalue weighted by Crippen LogP contribution is 2.18. The third-order valence-electron chi connectivity index (χ3n) is 3.92. The first-order chi connectivity index (χ1) is 11.0. The number of hydrogen-bond donors (Lipinski definition) is 3. The monoisotopic (exact) mass is 416 g/mol. The minimum atomic E-state index is -0.291. The summed E-state index contributed by atoms with van der Waals surface area (Å²) in [5.41, 5.74) is 3.39. The average Bonchev–Trinajstić information content (AvgIpc) is 2.95. The van der Waals surface area contributed by atoms with E-state index in [0.29, 0.717) is 23.1 Å². The van der Waals surface area contributed by atoms with Gasteiger partial charge in [-0.1, -0.05) is 6.07 Å². The Bertz CT molecular complexity index is 737. The number of aromatic nitrogens is 2. The fourth-order valence-electron chi connectivity index (χ4n) is 2.78. The topological polar surface area (TPSA) is 69.8 Å². The van der Waals surface area contributed by atoms with Crippen LogP contribution in [0.25, 0.3) is 0 Å². The van der Waals surface area contributed by atoms with Gasteiger partial charge in [0.2, 0.25) is 0 Å². The minimum absolute atomic E-state index is 0. The molecule has 0 radical (unpaired) electrons. The molecular formula is C16H19BrClFN4O. The van der Waals surface area contributed by atoms with E-state index in [1.165, 1.54) is 6.07 Å². The van der Waals surface area contributed by atoms with Crippen molar-refractivity contribution in [3.8, 4) is 0 Å². The summed E-state index contributed by atoms with van der Waals surface area (Å²) >= 11 is 3.18. The van der Waals surface area contributed by atoms with Crippen LogP contribution in [0.4, 0.5) is 4.39 Å². The zero-order valence-corrected chi connectivity index (χ0v) is 15.6. The first kappa shape index (κ1) is 18.9. The fourth-order valence-corrected chi connectivity index (χ4v) is 3.20. The molecule has 5 nitrogen and oxygen atoms in total. The highest BCUT2D eigenvalue weighted by molar-refractivity contribution is 9.10. The highest BCUT2D eigenvalue weighted by Gasteiger charge is 2.22. The number of carbonyl (C=O) groups is 1. The van der Waals surface area contributed by atoms with Crippen LogP contribution >= 0.6 is 28.3 Å². The van der Waals surface area contributed by atoms with Crippen molar-refractivity contribution in [2.75, 3.05) is 6.54 Å². The second-order valence-corrected chi connectivity index (χ2v) is 6.64. The van der Waals surface area contributed by atoms with Crippen LogP contribution < -0.4 is 10.6 Å². The SMILES string of the molecule is CC(Cc1ccc(F)c(Br)c1)NC(=O)c1n[nH]c2c1CNCC2.Cl. The van der Waals surface area contributed by atoms with Gasteiger partial charge in [0.05, 0.1) is 4.47 Å². The molecule has 1 aromatic carbocycles. The summed E-state index contributed by atoms with van der Waals surface area (Å²) in [5.74, 6) is -0.471. The molecule has 0 fully saturated rings. The van der Waals surface area contributed by atoms with Crippen molar-refractivity contribution in [1.29, 1.82) is 0 Å². The number of nitrogens with zero attached hydrogens (tertiary/aromatic N) is 1. The number of benzene rings is 1. The van der Waals surface area contributed by atoms with Crippen LogP contribution in [0.5, 0.6) is 0 Å². The highest BCUT2D eigenvalue weighted by atomic mass is 79.9. The number of amides is 1. The molecule has 24 heavy (non-hydrogen) atoms. The largest absolute Gasteiger partial charge is 0.348 e. The fraction of sp³-hybridized carbons (Fsp3) is 0.375. The van der Waals surface area contributed by atoms with Gasteiger partial charge in [-0.15, -0.1) is 12.4 Å². The molecule has 0 aliphatic carbocycles. The van der Waals surface area contributed by atoms with Crippen LogP contribution in [0.1, 0.15) is 34.2 Å². The lowest BCUT2D eigenvalue weighted by Crippen LogP contribution is -2.35. The Kier molecular flexibility index (Phi) is 6.37. The van der Waals surface area contributed by atoms with Crippen LogP contribution in [0, 0.1) is 5.82 Å². The maximum absolute atomic E-state index is 13.3. The van der Waals surface area contributed by atoms with Gasteiger partial charge in [-0.25, -0.2) is 4.39 Å². The molecule has 0 saturated carbocycles. The first-order valence-corrected chi connectivity index (χ1v) is 8.35. The number of rotatable bonds is 4. The summed E-state index contributed by atoms with van der Waals surface area (Å²) in [5, 5.41) is 13.3. The Labute approximate surface area is 154 Å². The van der Waals surface area contributed by atoms with E-state index >= 15 is 0 Å². The quantitative estimate of drug-likeness (QED) is 0.716. The van der Waals surface area contributed by atoms with E-state index in [0.717, 1.165) is 29.8 Å². The normalized spacial score (nSPS) is 14.5. The molecule has 1 aliphatic heterocycles. The maximum Gasteiger partial charge on any atom is 0.272 e. The Morgan fingerprint density at radius 3 is 3.04 bits per heavy atom. The summed E-state index contributed by atoms with van der Waals surface area (Å²) in [6.07, 6.45) is 1.48. The van der Waals surface area contributed by atoms with Crippen molar-refractivity contribution < 1.29 is 9.18 Å². The number of hydrogen-bond acceptors (Lipinski definition) is 3. The van der Waals surface area contributed by atoms with Crippen LogP contribution in [-0.2, 0) is 19.4 Å². The molecule has 0 saturated heterocycles. The molecule has 3 N–H and O–H groups in total. The Morgan fingerprint density at radius 1 is 1.50 bits per heavy atom. The van der Waals surface area contributed by atoms with E-state index in [1.54, 1.807) is 12.1 Å². The standard InChI is InChI=1S/C16H18BrFN4O.ClH/c1-9(6-10-2-3-13(18)12(17)7-10)20-16(23)15-11-8-19-5-4-14(11)21-22-15;/h2-3,7,9,19H,4-6,8H2,1H3,(H,20,23)(H,21,22);1H. The lowest BCUT2D eigenvalue weighted by atomic mass is 10.1. The molecule has 1 aliphatic rings. The van der Waals surface area contributed by atoms with Crippen LogP contribution in [0.2, 0.25) is 0 Å². The number of carbonyl (C=O) groups excluding carboxylic acids is 1. The molecule has 1 aromatic heterocycles. The molecule has 0 spiro atoms. The predicted octanol–water partition coefficient (Wildman–Crippen LogP) is 2.74. The molecular weight excluding hydrogens is 399 g/mol. The Balaban J connectivity index is 0.00000208. The number of fused-ring (bicyclic) bond motifs is 1. The summed E-state index contributed by atoms with van der Waals surface area (Å²) < 4.78 is 13.7. The molecule has 1 unspecified atom stereocenters. The molecule has 1 amide bonds. The van der Waals surface area contributed by atoms with Crippen molar-refractivity contribution in [3.05, 3.63) is 51.0 Å². The molecule has 2 heterocycles. The van der Waals surface area contributed by atoms with E-state index in [4.69, 9.17) is 0 Å². The molecule has 2 aromatic rings. The second kappa shape index (κ2) is 8.09. The summed E-state index contributed by atoms with van der Waals surface area (Å²) in [4.78, 5) is 12.4. The maximum atomic E-state index is 13.3. The number of halogens is 3. The molecule has 8 heteroatoms. The number of nitrogens with one attached hydrogen (secondary N) is 3. The number of H-pyrrole nitrogens is 1. The van der Waals surface area contributed by atoms with Crippen molar-refractivity contribution in [2.24, 2.45) is 0 Å². The lowest BCUT2D eigenvalue weighted by Gasteiger charge is -2.16. The molecule has 130 valence electrons. The van der Waals surface area contributed by atoms with E-state index in [-0.39, 0.29) is 30.2 Å². The smallest absolute Gasteiger partial charge is 0.272 e. The average molecular weight is 418 g/mol. The van der Waals surface area contributed by atoms with Gasteiger partial charge in [-0.05, 0) is 47.0 Å². The van der Waals surface area contributed by atoms with E-state index in [2.05, 4.69) is 36.8 Å². The minimum Gasteiger partial charge on any atom is -0.348 e. The van der Waals surface area contributed by atoms with Crippen molar-refractivity contribution in [1.82, 2.24) is 20.8 Å². The first-order valence-electron chi connectivity index (χ1n) is 7.56. The van der Waals surface area contributed by atoms with Gasteiger partial charge in [-0.2, -0.15) is 5.10 Å². The second-order valence-electron chi connectivity index (χ2n) is 5.78. The van der Waals surface area contributed by atoms with E-state index in [9.17, 15) is 9.18 Å². The van der Waals surface area contributed by atoms with Crippen LogP contribution in [0.3, 0.4) is 0 Å². The molecule has 1 atom stereocenters. The van der Waals surface area contributed by atoms with Crippen LogP contribution in [0.15, 0.2) is 22.7 Å². The summed E-state index contributed by atoms with van der Waals surface area (Å²) in [7, 11) is 0.